The summed E-state index contributed by atoms with van der Waals surface area (Å²) >= 11 is 4.95. The first-order valence-corrected chi connectivity index (χ1v) is 6.86. The quantitative estimate of drug-likeness (QED) is 0.836. The number of hydrogen-bond donors (Lipinski definition) is 0. The predicted octanol–water partition coefficient (Wildman–Crippen LogP) is 4.48. The smallest absolute Gasteiger partial charge is 0.118 e. The molecule has 0 heterocycles. The molecule has 0 fully saturated rings. The molecular weight excluding hydrogens is 310 g/mol. The lowest BCUT2D eigenvalue weighted by Gasteiger charge is -2.06. The van der Waals surface area contributed by atoms with E-state index in [4.69, 9.17) is 10.00 Å². The molecule has 0 saturated carbocycles. The summed E-state index contributed by atoms with van der Waals surface area (Å²) in [5.74, 6) is 0.828. The molecule has 0 radical (unpaired) electrons. The number of halogens is 1. The van der Waals surface area contributed by atoms with Gasteiger partial charge in [0, 0.05) is 14.3 Å². The van der Waals surface area contributed by atoms with E-state index in [1.54, 1.807) is 18.9 Å². The molecule has 2 aromatic carbocycles. The van der Waals surface area contributed by atoms with Crippen molar-refractivity contribution in [1.82, 2.24) is 0 Å². The Morgan fingerprint density at radius 2 is 1.89 bits per heavy atom. The van der Waals surface area contributed by atoms with Gasteiger partial charge in [-0.2, -0.15) is 5.26 Å². The van der Waals surface area contributed by atoms with Crippen LogP contribution in [0.3, 0.4) is 0 Å². The third-order valence-electron chi connectivity index (χ3n) is 2.37. The van der Waals surface area contributed by atoms with Crippen LogP contribution in [0.2, 0.25) is 0 Å². The van der Waals surface area contributed by atoms with Crippen LogP contribution in [0.5, 0.6) is 5.75 Å². The second-order valence-electron chi connectivity index (χ2n) is 3.50. The number of nitrogens with zero attached hydrogens (tertiary/aromatic N) is 1. The topological polar surface area (TPSA) is 33.0 Å². The van der Waals surface area contributed by atoms with E-state index >= 15 is 0 Å². The molecule has 2 nitrogen and oxygen atoms in total. The van der Waals surface area contributed by atoms with Crippen molar-refractivity contribution in [3.8, 4) is 11.8 Å². The highest BCUT2D eigenvalue weighted by molar-refractivity contribution is 9.10. The molecule has 0 aliphatic carbocycles. The van der Waals surface area contributed by atoms with Gasteiger partial charge in [-0.05, 0) is 52.3 Å². The summed E-state index contributed by atoms with van der Waals surface area (Å²) in [7, 11) is 1.64. The lowest BCUT2D eigenvalue weighted by molar-refractivity contribution is 0.414. The van der Waals surface area contributed by atoms with Crippen LogP contribution in [-0.2, 0) is 0 Å². The van der Waals surface area contributed by atoms with Gasteiger partial charge in [0.05, 0.1) is 12.7 Å². The summed E-state index contributed by atoms with van der Waals surface area (Å²) in [5.41, 5.74) is 0.665. The van der Waals surface area contributed by atoms with Crippen molar-refractivity contribution < 1.29 is 4.74 Å². The lowest BCUT2D eigenvalue weighted by atomic mass is 10.2. The number of nitriles is 1. The number of benzene rings is 2. The Kier molecular flexibility index (Phi) is 4.29. The minimum atomic E-state index is 0.665. The number of methoxy groups -OCH3 is 1. The van der Waals surface area contributed by atoms with Crippen LogP contribution >= 0.6 is 27.7 Å². The maximum atomic E-state index is 9.15. The molecule has 0 unspecified atom stereocenters. The van der Waals surface area contributed by atoms with Gasteiger partial charge < -0.3 is 4.74 Å². The van der Waals surface area contributed by atoms with E-state index in [0.717, 1.165) is 20.0 Å². The molecule has 0 saturated heterocycles. The van der Waals surface area contributed by atoms with Crippen LogP contribution in [0.15, 0.2) is 56.7 Å². The third-order valence-corrected chi connectivity index (χ3v) is 4.10. The summed E-state index contributed by atoms with van der Waals surface area (Å²) < 4.78 is 5.94. The fourth-order valence-electron chi connectivity index (χ4n) is 1.47. The molecule has 4 heteroatoms. The zero-order valence-corrected chi connectivity index (χ0v) is 12.1. The van der Waals surface area contributed by atoms with Gasteiger partial charge in [0.25, 0.3) is 0 Å². The summed E-state index contributed by atoms with van der Waals surface area (Å²) in [4.78, 5) is 2.02. The van der Waals surface area contributed by atoms with Gasteiger partial charge in [-0.1, -0.05) is 17.8 Å². The Morgan fingerprint density at radius 3 is 2.50 bits per heavy atom. The van der Waals surface area contributed by atoms with Crippen LogP contribution in [0.4, 0.5) is 0 Å². The highest BCUT2D eigenvalue weighted by Crippen LogP contribution is 2.34. The van der Waals surface area contributed by atoms with E-state index in [-0.39, 0.29) is 0 Å². The summed E-state index contributed by atoms with van der Waals surface area (Å²) in [6.45, 7) is 0. The van der Waals surface area contributed by atoms with Gasteiger partial charge in [0.15, 0.2) is 0 Å². The van der Waals surface area contributed by atoms with E-state index in [9.17, 15) is 0 Å². The van der Waals surface area contributed by atoms with Crippen molar-refractivity contribution in [2.75, 3.05) is 7.11 Å². The van der Waals surface area contributed by atoms with Crippen LogP contribution in [-0.4, -0.2) is 7.11 Å². The SMILES string of the molecule is COc1ccc(Sc2cccc(Br)c2C#N)cc1. The molecule has 18 heavy (non-hydrogen) atoms. The van der Waals surface area contributed by atoms with Crippen molar-refractivity contribution >= 4 is 27.7 Å². The standard InChI is InChI=1S/C14H10BrNOS/c1-17-10-5-7-11(8-6-10)18-14-4-2-3-13(15)12(14)9-16/h2-8H,1H3. The zero-order chi connectivity index (χ0) is 13.0. The average molecular weight is 320 g/mol. The first kappa shape index (κ1) is 13.0. The van der Waals surface area contributed by atoms with Gasteiger partial charge in [-0.15, -0.1) is 0 Å². The molecule has 0 bridgehead atoms. The van der Waals surface area contributed by atoms with Crippen molar-refractivity contribution in [2.45, 2.75) is 9.79 Å². The summed E-state index contributed by atoms with van der Waals surface area (Å²) in [6.07, 6.45) is 0. The van der Waals surface area contributed by atoms with E-state index in [1.165, 1.54) is 0 Å². The molecule has 0 aromatic heterocycles. The molecule has 0 aliphatic heterocycles. The maximum Gasteiger partial charge on any atom is 0.118 e. The van der Waals surface area contributed by atoms with Gasteiger partial charge in [0.1, 0.15) is 11.8 Å². The monoisotopic (exact) mass is 319 g/mol. The molecule has 2 rings (SSSR count). The Morgan fingerprint density at radius 1 is 1.17 bits per heavy atom. The fraction of sp³-hybridized carbons (Fsp3) is 0.0714. The van der Waals surface area contributed by atoms with Crippen LogP contribution < -0.4 is 4.74 Å². The zero-order valence-electron chi connectivity index (χ0n) is 9.68. The maximum absolute atomic E-state index is 9.15. The number of hydrogen-bond acceptors (Lipinski definition) is 3. The highest BCUT2D eigenvalue weighted by atomic mass is 79.9. The summed E-state index contributed by atoms with van der Waals surface area (Å²) in [6, 6.07) is 15.7. The van der Waals surface area contributed by atoms with Gasteiger partial charge in [-0.3, -0.25) is 0 Å². The van der Waals surface area contributed by atoms with Crippen molar-refractivity contribution in [2.24, 2.45) is 0 Å². The highest BCUT2D eigenvalue weighted by Gasteiger charge is 2.07. The first-order valence-electron chi connectivity index (χ1n) is 5.25. The number of rotatable bonds is 3. The second kappa shape index (κ2) is 5.94. The van der Waals surface area contributed by atoms with E-state index < -0.39 is 0 Å². The molecule has 0 aliphatic rings. The van der Waals surface area contributed by atoms with E-state index in [0.29, 0.717) is 5.56 Å². The number of ether oxygens (including phenoxy) is 1. The molecule has 0 atom stereocenters. The minimum Gasteiger partial charge on any atom is -0.497 e. The molecular formula is C14H10BrNOS. The van der Waals surface area contributed by atoms with Crippen molar-refractivity contribution in [3.63, 3.8) is 0 Å². The van der Waals surface area contributed by atoms with E-state index in [2.05, 4.69) is 22.0 Å². The Balaban J connectivity index is 2.28. The lowest BCUT2D eigenvalue weighted by Crippen LogP contribution is -1.84. The normalized spacial score (nSPS) is 9.83. The Bertz CT molecular complexity index is 590. The predicted molar refractivity (Wildman–Crippen MR) is 76.0 cm³/mol. The fourth-order valence-corrected chi connectivity index (χ4v) is 2.99. The van der Waals surface area contributed by atoms with E-state index in [1.807, 2.05) is 42.5 Å². The molecule has 0 spiro atoms. The second-order valence-corrected chi connectivity index (χ2v) is 5.47. The van der Waals surface area contributed by atoms with Crippen molar-refractivity contribution in [1.29, 1.82) is 5.26 Å². The van der Waals surface area contributed by atoms with Crippen LogP contribution in [0.25, 0.3) is 0 Å². The van der Waals surface area contributed by atoms with Crippen molar-refractivity contribution in [3.05, 3.63) is 52.5 Å². The Hall–Kier alpha value is -1.44. The largest absolute Gasteiger partial charge is 0.497 e. The molecule has 2 aromatic rings. The third kappa shape index (κ3) is 2.87. The van der Waals surface area contributed by atoms with Gasteiger partial charge in [0.2, 0.25) is 0 Å². The average Bonchev–Trinajstić information content (AvgIpc) is 2.40. The minimum absolute atomic E-state index is 0.665. The molecule has 0 amide bonds. The van der Waals surface area contributed by atoms with Crippen LogP contribution in [0, 0.1) is 11.3 Å². The molecule has 0 N–H and O–H groups in total. The first-order chi connectivity index (χ1) is 8.74. The summed E-state index contributed by atoms with van der Waals surface area (Å²) in [5, 5.41) is 9.15. The Labute approximate surface area is 119 Å². The van der Waals surface area contributed by atoms with Gasteiger partial charge in [-0.25, -0.2) is 0 Å². The van der Waals surface area contributed by atoms with Gasteiger partial charge >= 0.3 is 0 Å². The van der Waals surface area contributed by atoms with Crippen LogP contribution in [0.1, 0.15) is 5.56 Å². The molecule has 90 valence electrons.